The number of benzene rings is 1. The van der Waals surface area contributed by atoms with Gasteiger partial charge in [0.25, 0.3) is 0 Å². The maximum Gasteiger partial charge on any atom is 0.143 e. The number of hydrogen-bond donors (Lipinski definition) is 3. The predicted molar refractivity (Wildman–Crippen MR) is 89.6 cm³/mol. The van der Waals surface area contributed by atoms with E-state index in [1.165, 1.54) is 0 Å². The summed E-state index contributed by atoms with van der Waals surface area (Å²) in [5, 5.41) is 22.4. The Balaban J connectivity index is 0.00000200. The van der Waals surface area contributed by atoms with E-state index >= 15 is 0 Å². The molecule has 0 saturated carbocycles. The van der Waals surface area contributed by atoms with Crippen LogP contribution < -0.4 is 5.32 Å². The lowest BCUT2D eigenvalue weighted by Crippen LogP contribution is -2.45. The van der Waals surface area contributed by atoms with Gasteiger partial charge in [-0.25, -0.2) is 0 Å². The van der Waals surface area contributed by atoms with Gasteiger partial charge in [-0.1, -0.05) is 0 Å². The number of hydrogen-bond acceptors (Lipinski definition) is 4. The molecule has 1 aromatic rings. The van der Waals surface area contributed by atoms with Gasteiger partial charge in [0.1, 0.15) is 5.75 Å². The van der Waals surface area contributed by atoms with Crippen molar-refractivity contribution in [1.29, 1.82) is 0 Å². The van der Waals surface area contributed by atoms with Gasteiger partial charge in [-0.05, 0) is 56.0 Å². The van der Waals surface area contributed by atoms with Gasteiger partial charge in [0.2, 0.25) is 0 Å². The largest absolute Gasteiger partial charge is 0.506 e. The predicted octanol–water partition coefficient (Wildman–Crippen LogP) is 2.67. The average Bonchev–Trinajstić information content (AvgIpc) is 2.42. The van der Waals surface area contributed by atoms with E-state index in [1.54, 1.807) is 0 Å². The molecule has 1 saturated heterocycles. The van der Waals surface area contributed by atoms with Crippen molar-refractivity contribution in [1.82, 2.24) is 10.2 Å². The van der Waals surface area contributed by atoms with Gasteiger partial charge in [0, 0.05) is 38.8 Å². The van der Waals surface area contributed by atoms with Crippen molar-refractivity contribution in [3.8, 4) is 5.75 Å². The minimum absolute atomic E-state index is 0. The molecule has 1 heterocycles. The Morgan fingerprint density at radius 2 is 1.75 bits per heavy atom. The van der Waals surface area contributed by atoms with Crippen molar-refractivity contribution in [2.75, 3.05) is 32.8 Å². The molecule has 0 bridgehead atoms. The Bertz CT molecular complexity index is 419. The number of aliphatic hydroxyl groups is 1. The van der Waals surface area contributed by atoms with Gasteiger partial charge in [0.05, 0.1) is 8.95 Å². The second kappa shape index (κ2) is 8.56. The van der Waals surface area contributed by atoms with Crippen LogP contribution in [0.4, 0.5) is 0 Å². The zero-order valence-electron chi connectivity index (χ0n) is 11.0. The minimum Gasteiger partial charge on any atom is -0.506 e. The van der Waals surface area contributed by atoms with Crippen molar-refractivity contribution in [2.24, 2.45) is 0 Å². The SMILES string of the molecule is Cl.OCC[C@@H](c1cc(Br)c(O)c(Br)c1)N1CCNCC1. The molecule has 4 nitrogen and oxygen atoms in total. The molecule has 1 aromatic carbocycles. The third-order valence-corrected chi connectivity index (χ3v) is 4.63. The van der Waals surface area contributed by atoms with Crippen LogP contribution in [0.2, 0.25) is 0 Å². The standard InChI is InChI=1S/C13H18Br2N2O2.ClH/c14-10-7-9(8-11(15)13(10)19)12(1-6-18)17-4-2-16-3-5-17;/h7-8,12,16,18-19H,1-6H2;1H/t12-;/m0./s1. The normalized spacial score (nSPS) is 17.6. The molecule has 114 valence electrons. The summed E-state index contributed by atoms with van der Waals surface area (Å²) in [5.41, 5.74) is 1.10. The van der Waals surface area contributed by atoms with Crippen molar-refractivity contribution in [3.05, 3.63) is 26.6 Å². The van der Waals surface area contributed by atoms with E-state index in [4.69, 9.17) is 0 Å². The third-order valence-electron chi connectivity index (χ3n) is 3.42. The summed E-state index contributed by atoms with van der Waals surface area (Å²) >= 11 is 6.73. The second-order valence-electron chi connectivity index (χ2n) is 4.65. The van der Waals surface area contributed by atoms with E-state index < -0.39 is 0 Å². The number of piperazine rings is 1. The molecule has 0 aromatic heterocycles. The monoisotopic (exact) mass is 428 g/mol. The molecule has 20 heavy (non-hydrogen) atoms. The zero-order chi connectivity index (χ0) is 13.8. The molecule has 0 spiro atoms. The number of aromatic hydroxyl groups is 1. The quantitative estimate of drug-likeness (QED) is 0.688. The number of phenols is 1. The fourth-order valence-corrected chi connectivity index (χ4v) is 3.68. The first kappa shape index (κ1) is 18.2. The first-order valence-corrected chi connectivity index (χ1v) is 7.95. The fraction of sp³-hybridized carbons (Fsp3) is 0.538. The van der Waals surface area contributed by atoms with Crippen molar-refractivity contribution < 1.29 is 10.2 Å². The van der Waals surface area contributed by atoms with Crippen LogP contribution in [-0.2, 0) is 0 Å². The lowest BCUT2D eigenvalue weighted by atomic mass is 10.0. The van der Waals surface area contributed by atoms with E-state index in [9.17, 15) is 10.2 Å². The van der Waals surface area contributed by atoms with Gasteiger partial charge in [-0.2, -0.15) is 0 Å². The first-order chi connectivity index (χ1) is 9.13. The Morgan fingerprint density at radius 3 is 2.25 bits per heavy atom. The molecule has 0 radical (unpaired) electrons. The summed E-state index contributed by atoms with van der Waals surface area (Å²) in [5.74, 6) is 0.215. The highest BCUT2D eigenvalue weighted by Crippen LogP contribution is 2.37. The second-order valence-corrected chi connectivity index (χ2v) is 6.36. The summed E-state index contributed by atoms with van der Waals surface area (Å²) in [4.78, 5) is 2.37. The van der Waals surface area contributed by atoms with E-state index in [2.05, 4.69) is 42.1 Å². The lowest BCUT2D eigenvalue weighted by Gasteiger charge is -2.35. The molecule has 2 rings (SSSR count). The van der Waals surface area contributed by atoms with Crippen molar-refractivity contribution in [2.45, 2.75) is 12.5 Å². The van der Waals surface area contributed by atoms with Gasteiger partial charge in [-0.3, -0.25) is 4.90 Å². The van der Waals surface area contributed by atoms with E-state index in [0.29, 0.717) is 15.4 Å². The van der Waals surface area contributed by atoms with Crippen LogP contribution in [0.5, 0.6) is 5.75 Å². The van der Waals surface area contributed by atoms with Crippen LogP contribution in [0.15, 0.2) is 21.1 Å². The highest BCUT2D eigenvalue weighted by molar-refractivity contribution is 9.11. The van der Waals surface area contributed by atoms with E-state index in [1.807, 2.05) is 12.1 Å². The summed E-state index contributed by atoms with van der Waals surface area (Å²) < 4.78 is 1.35. The lowest BCUT2D eigenvalue weighted by molar-refractivity contribution is 0.141. The summed E-state index contributed by atoms with van der Waals surface area (Å²) in [7, 11) is 0. The van der Waals surface area contributed by atoms with E-state index in [-0.39, 0.29) is 30.8 Å². The first-order valence-electron chi connectivity index (χ1n) is 6.37. The molecule has 1 aliphatic rings. The Hall–Kier alpha value is 0.150. The molecule has 7 heteroatoms. The van der Waals surface area contributed by atoms with E-state index in [0.717, 1.165) is 31.7 Å². The van der Waals surface area contributed by atoms with Crippen LogP contribution in [-0.4, -0.2) is 47.9 Å². The third kappa shape index (κ3) is 4.32. The van der Waals surface area contributed by atoms with Crippen molar-refractivity contribution in [3.63, 3.8) is 0 Å². The van der Waals surface area contributed by atoms with Gasteiger partial charge in [-0.15, -0.1) is 12.4 Å². The molecule has 3 N–H and O–H groups in total. The number of nitrogens with one attached hydrogen (secondary N) is 1. The number of nitrogens with zero attached hydrogens (tertiary/aromatic N) is 1. The Kier molecular flexibility index (Phi) is 7.79. The number of phenolic OH excluding ortho intramolecular Hbond substituents is 1. The molecule has 1 fully saturated rings. The molecule has 0 aliphatic carbocycles. The van der Waals surface area contributed by atoms with Gasteiger partial charge < -0.3 is 15.5 Å². The number of aliphatic hydroxyl groups excluding tert-OH is 1. The van der Waals surface area contributed by atoms with Crippen LogP contribution in [0.1, 0.15) is 18.0 Å². The Labute approximate surface area is 142 Å². The van der Waals surface area contributed by atoms with Crippen LogP contribution >= 0.6 is 44.3 Å². The van der Waals surface area contributed by atoms with Gasteiger partial charge in [0.15, 0.2) is 0 Å². The Morgan fingerprint density at radius 1 is 1.20 bits per heavy atom. The fourth-order valence-electron chi connectivity index (χ4n) is 2.45. The van der Waals surface area contributed by atoms with Crippen LogP contribution in [0, 0.1) is 0 Å². The highest BCUT2D eigenvalue weighted by atomic mass is 79.9. The topological polar surface area (TPSA) is 55.7 Å². The zero-order valence-corrected chi connectivity index (χ0v) is 15.0. The number of halogens is 3. The van der Waals surface area contributed by atoms with Crippen molar-refractivity contribution >= 4 is 44.3 Å². The maximum atomic E-state index is 9.79. The molecular weight excluding hydrogens is 411 g/mol. The summed E-state index contributed by atoms with van der Waals surface area (Å²) in [6.45, 7) is 4.05. The number of rotatable bonds is 4. The molecule has 1 aliphatic heterocycles. The maximum absolute atomic E-state index is 9.79. The molecule has 0 unspecified atom stereocenters. The molecule has 0 amide bonds. The van der Waals surface area contributed by atoms with Crippen LogP contribution in [0.25, 0.3) is 0 Å². The van der Waals surface area contributed by atoms with Gasteiger partial charge >= 0.3 is 0 Å². The minimum atomic E-state index is 0. The van der Waals surface area contributed by atoms with Crippen LogP contribution in [0.3, 0.4) is 0 Å². The molecular formula is C13H19Br2ClN2O2. The summed E-state index contributed by atoms with van der Waals surface area (Å²) in [6, 6.07) is 4.05. The summed E-state index contributed by atoms with van der Waals surface area (Å²) in [6.07, 6.45) is 0.698. The molecule has 1 atom stereocenters. The average molecular weight is 431 g/mol. The smallest absolute Gasteiger partial charge is 0.143 e. The highest BCUT2D eigenvalue weighted by Gasteiger charge is 2.23.